The molecule has 0 saturated heterocycles. The SMILES string of the molecule is CC(C)Cn1nc2c(c1Br)COC2. The number of aromatic nitrogens is 2. The Hall–Kier alpha value is -0.350. The van der Waals surface area contributed by atoms with Crippen LogP contribution in [0.4, 0.5) is 0 Å². The van der Waals surface area contributed by atoms with Crippen molar-refractivity contribution < 1.29 is 4.74 Å². The second-order valence-electron chi connectivity index (χ2n) is 3.78. The summed E-state index contributed by atoms with van der Waals surface area (Å²) in [5.74, 6) is 0.622. The Kier molecular flexibility index (Phi) is 2.43. The van der Waals surface area contributed by atoms with E-state index in [0.29, 0.717) is 19.1 Å². The van der Waals surface area contributed by atoms with Crippen LogP contribution in [0.2, 0.25) is 0 Å². The summed E-state index contributed by atoms with van der Waals surface area (Å²) in [6.07, 6.45) is 0. The zero-order valence-corrected chi connectivity index (χ0v) is 9.47. The number of fused-ring (bicyclic) bond motifs is 1. The van der Waals surface area contributed by atoms with Gasteiger partial charge >= 0.3 is 0 Å². The molecule has 0 aromatic carbocycles. The van der Waals surface area contributed by atoms with E-state index in [1.807, 2.05) is 4.68 Å². The van der Waals surface area contributed by atoms with Gasteiger partial charge in [-0.3, -0.25) is 4.68 Å². The molecule has 3 nitrogen and oxygen atoms in total. The van der Waals surface area contributed by atoms with Crippen molar-refractivity contribution in [2.45, 2.75) is 33.6 Å². The number of ether oxygens (including phenoxy) is 1. The molecule has 13 heavy (non-hydrogen) atoms. The monoisotopic (exact) mass is 244 g/mol. The Morgan fingerprint density at radius 2 is 2.31 bits per heavy atom. The fraction of sp³-hybridized carbons (Fsp3) is 0.667. The molecular formula is C9H13BrN2O. The van der Waals surface area contributed by atoms with Crippen LogP contribution in [0.15, 0.2) is 4.60 Å². The van der Waals surface area contributed by atoms with Gasteiger partial charge in [-0.25, -0.2) is 0 Å². The number of rotatable bonds is 2. The van der Waals surface area contributed by atoms with Crippen molar-refractivity contribution in [2.75, 3.05) is 0 Å². The summed E-state index contributed by atoms with van der Waals surface area (Å²) in [4.78, 5) is 0. The molecule has 0 atom stereocenters. The molecule has 72 valence electrons. The van der Waals surface area contributed by atoms with E-state index in [-0.39, 0.29) is 0 Å². The molecule has 0 saturated carbocycles. The summed E-state index contributed by atoms with van der Waals surface area (Å²) in [6.45, 7) is 6.71. The lowest BCUT2D eigenvalue weighted by Crippen LogP contribution is -2.07. The third-order valence-corrected chi connectivity index (χ3v) is 2.98. The summed E-state index contributed by atoms with van der Waals surface area (Å²) >= 11 is 3.55. The molecule has 2 rings (SSSR count). The highest BCUT2D eigenvalue weighted by molar-refractivity contribution is 9.10. The first-order valence-electron chi connectivity index (χ1n) is 4.50. The minimum atomic E-state index is 0.622. The van der Waals surface area contributed by atoms with Crippen LogP contribution in [0, 0.1) is 5.92 Å². The average Bonchev–Trinajstić information content (AvgIpc) is 2.56. The molecule has 1 aliphatic heterocycles. The number of hydrogen-bond acceptors (Lipinski definition) is 2. The summed E-state index contributed by atoms with van der Waals surface area (Å²) in [5, 5.41) is 4.48. The van der Waals surface area contributed by atoms with Crippen molar-refractivity contribution in [1.82, 2.24) is 9.78 Å². The molecule has 1 aromatic rings. The summed E-state index contributed by atoms with van der Waals surface area (Å²) in [7, 11) is 0. The minimum absolute atomic E-state index is 0.622. The molecule has 1 aromatic heterocycles. The predicted molar refractivity (Wildman–Crippen MR) is 53.3 cm³/mol. The smallest absolute Gasteiger partial charge is 0.109 e. The highest BCUT2D eigenvalue weighted by Gasteiger charge is 2.21. The summed E-state index contributed by atoms with van der Waals surface area (Å²) in [6, 6.07) is 0. The van der Waals surface area contributed by atoms with E-state index < -0.39 is 0 Å². The first kappa shape index (κ1) is 9.21. The molecule has 0 aliphatic carbocycles. The number of halogens is 1. The Labute approximate surface area is 86.2 Å². The van der Waals surface area contributed by atoms with Gasteiger partial charge in [0.1, 0.15) is 4.60 Å². The van der Waals surface area contributed by atoms with Crippen LogP contribution in [-0.4, -0.2) is 9.78 Å². The van der Waals surface area contributed by atoms with E-state index in [4.69, 9.17) is 4.74 Å². The summed E-state index contributed by atoms with van der Waals surface area (Å²) < 4.78 is 8.41. The van der Waals surface area contributed by atoms with E-state index in [9.17, 15) is 0 Å². The van der Waals surface area contributed by atoms with Crippen LogP contribution in [0.25, 0.3) is 0 Å². The van der Waals surface area contributed by atoms with Gasteiger partial charge in [-0.05, 0) is 21.8 Å². The van der Waals surface area contributed by atoms with Crippen molar-refractivity contribution in [3.8, 4) is 0 Å². The standard InChI is InChI=1S/C9H13BrN2O/c1-6(2)3-12-9(10)7-4-13-5-8(7)11-12/h6H,3-5H2,1-2H3. The first-order valence-corrected chi connectivity index (χ1v) is 5.29. The van der Waals surface area contributed by atoms with Gasteiger partial charge in [-0.15, -0.1) is 0 Å². The van der Waals surface area contributed by atoms with Gasteiger partial charge < -0.3 is 4.74 Å². The van der Waals surface area contributed by atoms with Crippen LogP contribution >= 0.6 is 15.9 Å². The number of hydrogen-bond donors (Lipinski definition) is 0. The van der Waals surface area contributed by atoms with Crippen molar-refractivity contribution in [3.05, 3.63) is 15.9 Å². The lowest BCUT2D eigenvalue weighted by atomic mass is 10.2. The van der Waals surface area contributed by atoms with Crippen LogP contribution in [0.1, 0.15) is 25.1 Å². The van der Waals surface area contributed by atoms with Crippen molar-refractivity contribution >= 4 is 15.9 Å². The number of nitrogens with zero attached hydrogens (tertiary/aromatic N) is 2. The van der Waals surface area contributed by atoms with Gasteiger partial charge in [0.25, 0.3) is 0 Å². The van der Waals surface area contributed by atoms with E-state index in [1.165, 1.54) is 5.56 Å². The lowest BCUT2D eigenvalue weighted by molar-refractivity contribution is 0.130. The molecule has 0 unspecified atom stereocenters. The Balaban J connectivity index is 2.28. The molecule has 0 N–H and O–H groups in total. The van der Waals surface area contributed by atoms with Crippen LogP contribution in [0.3, 0.4) is 0 Å². The minimum Gasteiger partial charge on any atom is -0.370 e. The first-order chi connectivity index (χ1) is 6.18. The van der Waals surface area contributed by atoms with E-state index in [2.05, 4.69) is 34.9 Å². The van der Waals surface area contributed by atoms with E-state index in [0.717, 1.165) is 16.8 Å². The normalized spacial score (nSPS) is 15.4. The van der Waals surface area contributed by atoms with Gasteiger partial charge in [0, 0.05) is 12.1 Å². The van der Waals surface area contributed by atoms with Gasteiger partial charge in [0.15, 0.2) is 0 Å². The van der Waals surface area contributed by atoms with Crippen molar-refractivity contribution in [1.29, 1.82) is 0 Å². The Morgan fingerprint density at radius 1 is 1.54 bits per heavy atom. The van der Waals surface area contributed by atoms with Crippen LogP contribution < -0.4 is 0 Å². The van der Waals surface area contributed by atoms with Gasteiger partial charge in [-0.1, -0.05) is 13.8 Å². The van der Waals surface area contributed by atoms with Gasteiger partial charge in [0.2, 0.25) is 0 Å². The molecule has 0 bridgehead atoms. The molecule has 4 heteroatoms. The fourth-order valence-corrected chi connectivity index (χ4v) is 2.07. The van der Waals surface area contributed by atoms with Crippen LogP contribution in [-0.2, 0) is 24.5 Å². The topological polar surface area (TPSA) is 27.1 Å². The Morgan fingerprint density at radius 3 is 2.92 bits per heavy atom. The molecule has 0 radical (unpaired) electrons. The average molecular weight is 245 g/mol. The molecule has 2 heterocycles. The maximum atomic E-state index is 5.29. The zero-order valence-electron chi connectivity index (χ0n) is 7.88. The third-order valence-electron chi connectivity index (χ3n) is 2.09. The molecule has 0 spiro atoms. The third kappa shape index (κ3) is 1.65. The molecular weight excluding hydrogens is 232 g/mol. The molecule has 0 amide bonds. The Bertz CT molecular complexity index is 320. The second kappa shape index (κ2) is 3.42. The zero-order chi connectivity index (χ0) is 9.42. The molecule has 0 fully saturated rings. The van der Waals surface area contributed by atoms with Gasteiger partial charge in [-0.2, -0.15) is 5.10 Å². The van der Waals surface area contributed by atoms with E-state index >= 15 is 0 Å². The van der Waals surface area contributed by atoms with E-state index in [1.54, 1.807) is 0 Å². The van der Waals surface area contributed by atoms with Crippen molar-refractivity contribution in [3.63, 3.8) is 0 Å². The largest absolute Gasteiger partial charge is 0.370 e. The highest BCUT2D eigenvalue weighted by atomic mass is 79.9. The summed E-state index contributed by atoms with van der Waals surface area (Å²) in [5.41, 5.74) is 2.31. The maximum absolute atomic E-state index is 5.29. The van der Waals surface area contributed by atoms with Crippen LogP contribution in [0.5, 0.6) is 0 Å². The van der Waals surface area contributed by atoms with Crippen molar-refractivity contribution in [2.24, 2.45) is 5.92 Å². The highest BCUT2D eigenvalue weighted by Crippen LogP contribution is 2.27. The van der Waals surface area contributed by atoms with Gasteiger partial charge in [0.05, 0.1) is 18.9 Å². The maximum Gasteiger partial charge on any atom is 0.109 e. The second-order valence-corrected chi connectivity index (χ2v) is 4.54. The molecule has 1 aliphatic rings. The predicted octanol–water partition coefficient (Wildman–Crippen LogP) is 2.33. The quantitative estimate of drug-likeness (QED) is 0.799. The lowest BCUT2D eigenvalue weighted by Gasteiger charge is -2.06. The fourth-order valence-electron chi connectivity index (χ4n) is 1.50.